The molecule has 2 aromatic carbocycles. The minimum atomic E-state index is 0. The highest BCUT2D eigenvalue weighted by atomic mass is 127. The van der Waals surface area contributed by atoms with Crippen molar-refractivity contribution in [2.45, 2.75) is 25.9 Å². The number of nitrogens with one attached hydrogen (secondary N) is 2. The summed E-state index contributed by atoms with van der Waals surface area (Å²) in [7, 11) is 4.15. The fraction of sp³-hybridized carbons (Fsp3) is 0.346. The van der Waals surface area contributed by atoms with Crippen LogP contribution in [-0.2, 0) is 19.5 Å². The molecule has 1 aliphatic heterocycles. The maximum atomic E-state index is 5.83. The molecule has 8 heteroatoms. The molecule has 0 spiro atoms. The lowest BCUT2D eigenvalue weighted by molar-refractivity contribution is 0.297. The Labute approximate surface area is 218 Å². The van der Waals surface area contributed by atoms with E-state index < -0.39 is 0 Å². The molecule has 0 unspecified atom stereocenters. The van der Waals surface area contributed by atoms with Gasteiger partial charge in [-0.15, -0.1) is 24.0 Å². The fourth-order valence-corrected chi connectivity index (χ4v) is 3.56. The van der Waals surface area contributed by atoms with E-state index in [1.165, 1.54) is 5.56 Å². The first-order valence-corrected chi connectivity index (χ1v) is 11.4. The van der Waals surface area contributed by atoms with Crippen molar-refractivity contribution in [1.82, 2.24) is 10.2 Å². The molecule has 1 aromatic heterocycles. The summed E-state index contributed by atoms with van der Waals surface area (Å²) in [4.78, 5) is 6.97. The normalized spacial score (nSPS) is 13.2. The molecule has 3 aromatic rings. The molecule has 0 saturated carbocycles. The molecule has 4 rings (SSSR count). The van der Waals surface area contributed by atoms with Crippen LogP contribution in [0.5, 0.6) is 11.5 Å². The molecule has 182 valence electrons. The van der Waals surface area contributed by atoms with Crippen LogP contribution < -0.4 is 20.1 Å². The van der Waals surface area contributed by atoms with Gasteiger partial charge in [-0.1, -0.05) is 24.3 Å². The van der Waals surface area contributed by atoms with Crippen molar-refractivity contribution in [2.24, 2.45) is 4.99 Å². The standard InChI is InChI=1S/C26H32N4O3.HI/c1-30(2)19-21-8-6-20(7-9-21)18-28-26(27-13-12-23-5-3-14-31-23)29-22-10-11-24-25(17-22)33-16-4-15-32-24;/h3,5-11,14,17H,4,12-13,15-16,18-19H2,1-2H3,(H2,27,28,29);1H. The Morgan fingerprint density at radius 3 is 2.47 bits per heavy atom. The zero-order chi connectivity index (χ0) is 22.9. The molecular weight excluding hydrogens is 543 g/mol. The van der Waals surface area contributed by atoms with Gasteiger partial charge < -0.3 is 29.4 Å². The van der Waals surface area contributed by atoms with Crippen molar-refractivity contribution >= 4 is 35.6 Å². The number of guanidine groups is 1. The Kier molecular flexibility index (Phi) is 10.1. The SMILES string of the molecule is CN(C)Cc1ccc(CN=C(NCCc2ccco2)Nc2ccc3c(c2)OCCCO3)cc1.I. The van der Waals surface area contributed by atoms with Crippen LogP contribution in [0.4, 0.5) is 5.69 Å². The molecule has 1 aliphatic rings. The summed E-state index contributed by atoms with van der Waals surface area (Å²) in [6.45, 7) is 3.53. The molecule has 34 heavy (non-hydrogen) atoms. The number of aliphatic imine (C=N–C) groups is 1. The highest BCUT2D eigenvalue weighted by Gasteiger charge is 2.11. The van der Waals surface area contributed by atoms with Gasteiger partial charge in [0.05, 0.1) is 26.0 Å². The van der Waals surface area contributed by atoms with Gasteiger partial charge in [-0.2, -0.15) is 0 Å². The number of hydrogen-bond acceptors (Lipinski definition) is 5. The number of rotatable bonds is 8. The van der Waals surface area contributed by atoms with Crippen LogP contribution in [0.15, 0.2) is 70.3 Å². The van der Waals surface area contributed by atoms with Crippen molar-refractivity contribution < 1.29 is 13.9 Å². The van der Waals surface area contributed by atoms with Crippen molar-refractivity contribution in [1.29, 1.82) is 0 Å². The van der Waals surface area contributed by atoms with Crippen molar-refractivity contribution in [2.75, 3.05) is 39.2 Å². The molecule has 0 saturated heterocycles. The van der Waals surface area contributed by atoms with Gasteiger partial charge in [0.25, 0.3) is 0 Å². The minimum Gasteiger partial charge on any atom is -0.490 e. The number of fused-ring (bicyclic) bond motifs is 1. The molecule has 0 bridgehead atoms. The van der Waals surface area contributed by atoms with Gasteiger partial charge in [0.2, 0.25) is 0 Å². The van der Waals surface area contributed by atoms with Gasteiger partial charge in [0, 0.05) is 37.7 Å². The Hall–Kier alpha value is -2.72. The average Bonchev–Trinajstić information content (AvgIpc) is 3.21. The second kappa shape index (κ2) is 13.2. The third-order valence-electron chi connectivity index (χ3n) is 5.20. The first-order chi connectivity index (χ1) is 16.2. The quantitative estimate of drug-likeness (QED) is 0.226. The molecular formula is C26H33IN4O3. The topological polar surface area (TPSA) is 71.3 Å². The summed E-state index contributed by atoms with van der Waals surface area (Å²) >= 11 is 0. The lowest BCUT2D eigenvalue weighted by atomic mass is 10.1. The smallest absolute Gasteiger partial charge is 0.196 e. The Bertz CT molecular complexity index is 1040. The summed E-state index contributed by atoms with van der Waals surface area (Å²) in [6.07, 6.45) is 3.35. The number of benzene rings is 2. The molecule has 0 amide bonds. The molecule has 0 fully saturated rings. The number of furan rings is 1. The van der Waals surface area contributed by atoms with Gasteiger partial charge in [-0.05, 0) is 49.5 Å². The van der Waals surface area contributed by atoms with E-state index >= 15 is 0 Å². The monoisotopic (exact) mass is 576 g/mol. The number of nitrogens with zero attached hydrogens (tertiary/aromatic N) is 2. The molecule has 2 N–H and O–H groups in total. The Morgan fingerprint density at radius 1 is 0.971 bits per heavy atom. The first-order valence-electron chi connectivity index (χ1n) is 11.4. The van der Waals surface area contributed by atoms with Crippen LogP contribution >= 0.6 is 24.0 Å². The van der Waals surface area contributed by atoms with Crippen molar-refractivity contribution in [3.8, 4) is 11.5 Å². The highest BCUT2D eigenvalue weighted by Crippen LogP contribution is 2.32. The number of anilines is 1. The predicted molar refractivity (Wildman–Crippen MR) is 146 cm³/mol. The summed E-state index contributed by atoms with van der Waals surface area (Å²) in [6, 6.07) is 18.3. The summed E-state index contributed by atoms with van der Waals surface area (Å²) in [5.74, 6) is 3.17. The van der Waals surface area contributed by atoms with Gasteiger partial charge in [-0.25, -0.2) is 4.99 Å². The molecule has 0 aliphatic carbocycles. The lowest BCUT2D eigenvalue weighted by Crippen LogP contribution is -2.32. The number of hydrogen-bond donors (Lipinski definition) is 2. The molecule has 7 nitrogen and oxygen atoms in total. The van der Waals surface area contributed by atoms with Gasteiger partial charge in [0.15, 0.2) is 17.5 Å². The van der Waals surface area contributed by atoms with Crippen LogP contribution in [0.2, 0.25) is 0 Å². The third kappa shape index (κ3) is 7.95. The Morgan fingerprint density at radius 2 is 1.74 bits per heavy atom. The Balaban J connectivity index is 0.00000324. The second-order valence-electron chi connectivity index (χ2n) is 8.31. The number of ether oxygens (including phenoxy) is 2. The van der Waals surface area contributed by atoms with E-state index in [0.717, 1.165) is 47.9 Å². The minimum absolute atomic E-state index is 0. The summed E-state index contributed by atoms with van der Waals surface area (Å²) in [5.41, 5.74) is 3.34. The van der Waals surface area contributed by atoms with E-state index in [9.17, 15) is 0 Å². The summed E-state index contributed by atoms with van der Waals surface area (Å²) < 4.78 is 17.0. The zero-order valence-electron chi connectivity index (χ0n) is 19.8. The predicted octanol–water partition coefficient (Wildman–Crippen LogP) is 4.92. The van der Waals surface area contributed by atoms with Gasteiger partial charge >= 0.3 is 0 Å². The van der Waals surface area contributed by atoms with E-state index in [2.05, 4.69) is 53.9 Å². The van der Waals surface area contributed by atoms with Crippen molar-refractivity contribution in [3.63, 3.8) is 0 Å². The van der Waals surface area contributed by atoms with E-state index in [4.69, 9.17) is 18.9 Å². The first kappa shape index (κ1) is 25.9. The highest BCUT2D eigenvalue weighted by molar-refractivity contribution is 14.0. The molecule has 0 atom stereocenters. The van der Waals surface area contributed by atoms with E-state index in [-0.39, 0.29) is 24.0 Å². The van der Waals surface area contributed by atoms with Crippen LogP contribution in [0.1, 0.15) is 23.3 Å². The number of halogens is 1. The lowest BCUT2D eigenvalue weighted by Gasteiger charge is -2.14. The second-order valence-corrected chi connectivity index (χ2v) is 8.31. The van der Waals surface area contributed by atoms with Crippen LogP contribution in [-0.4, -0.2) is 44.7 Å². The molecule has 0 radical (unpaired) electrons. The maximum Gasteiger partial charge on any atom is 0.196 e. The van der Waals surface area contributed by atoms with Crippen molar-refractivity contribution in [3.05, 3.63) is 77.7 Å². The third-order valence-corrected chi connectivity index (χ3v) is 5.20. The van der Waals surface area contributed by atoms with E-state index in [1.54, 1.807) is 6.26 Å². The fourth-order valence-electron chi connectivity index (χ4n) is 3.56. The van der Waals surface area contributed by atoms with E-state index in [0.29, 0.717) is 32.3 Å². The van der Waals surface area contributed by atoms with Crippen LogP contribution in [0, 0.1) is 0 Å². The molecule has 2 heterocycles. The van der Waals surface area contributed by atoms with Crippen LogP contribution in [0.25, 0.3) is 0 Å². The zero-order valence-corrected chi connectivity index (χ0v) is 22.1. The van der Waals surface area contributed by atoms with E-state index in [1.807, 2.05) is 30.3 Å². The maximum absolute atomic E-state index is 5.83. The summed E-state index contributed by atoms with van der Waals surface area (Å²) in [5, 5.41) is 6.81. The van der Waals surface area contributed by atoms with Crippen LogP contribution in [0.3, 0.4) is 0 Å². The van der Waals surface area contributed by atoms with Gasteiger partial charge in [-0.3, -0.25) is 0 Å². The largest absolute Gasteiger partial charge is 0.490 e. The average molecular weight is 576 g/mol. The van der Waals surface area contributed by atoms with Gasteiger partial charge in [0.1, 0.15) is 5.76 Å².